The Labute approximate surface area is 134 Å². The molecule has 22 heavy (non-hydrogen) atoms. The molecule has 1 aromatic carbocycles. The minimum atomic E-state index is -3.81. The molecule has 118 valence electrons. The van der Waals surface area contributed by atoms with Crippen LogP contribution in [0.4, 0.5) is 5.69 Å². The Kier molecular flexibility index (Phi) is 4.48. The van der Waals surface area contributed by atoms with Gasteiger partial charge >= 0.3 is 0 Å². The zero-order valence-corrected chi connectivity index (χ0v) is 13.9. The number of sulfonamides is 1. The number of carbonyl (C=O) groups excluding carboxylic acids is 1. The summed E-state index contributed by atoms with van der Waals surface area (Å²) in [6.07, 6.45) is 1.38. The van der Waals surface area contributed by atoms with E-state index in [-0.39, 0.29) is 16.5 Å². The maximum atomic E-state index is 12.4. The van der Waals surface area contributed by atoms with E-state index < -0.39 is 10.0 Å². The number of carbonyl (C=O) groups is 1. The predicted octanol–water partition coefficient (Wildman–Crippen LogP) is 2.15. The van der Waals surface area contributed by atoms with Crippen molar-refractivity contribution in [2.24, 2.45) is 7.05 Å². The van der Waals surface area contributed by atoms with Gasteiger partial charge in [-0.25, -0.2) is 8.42 Å². The quantitative estimate of drug-likeness (QED) is 0.894. The molecule has 1 heterocycles. The first-order valence-corrected chi connectivity index (χ1v) is 8.28. The van der Waals surface area contributed by atoms with Crippen molar-refractivity contribution in [2.75, 3.05) is 11.8 Å². The average Bonchev–Trinajstić information content (AvgIpc) is 2.86. The van der Waals surface area contributed by atoms with Gasteiger partial charge in [0.2, 0.25) is 0 Å². The molecular weight excluding hydrogens is 326 g/mol. The van der Waals surface area contributed by atoms with Crippen molar-refractivity contribution in [3.05, 3.63) is 46.7 Å². The van der Waals surface area contributed by atoms with Crippen LogP contribution in [0.5, 0.6) is 0 Å². The van der Waals surface area contributed by atoms with Crippen molar-refractivity contribution in [2.45, 2.75) is 11.8 Å². The fraction of sp³-hybridized carbons (Fsp3) is 0.214. The van der Waals surface area contributed by atoms with Gasteiger partial charge in [0.25, 0.3) is 15.9 Å². The minimum Gasteiger partial charge on any atom is -0.354 e. The molecule has 0 saturated carbocycles. The first-order valence-electron chi connectivity index (χ1n) is 6.42. The number of aryl methyl sites for hydroxylation is 1. The molecule has 0 aliphatic heterocycles. The number of rotatable bonds is 4. The molecule has 0 aliphatic rings. The summed E-state index contributed by atoms with van der Waals surface area (Å²) < 4.78 is 28.8. The van der Waals surface area contributed by atoms with Crippen molar-refractivity contribution >= 4 is 33.2 Å². The van der Waals surface area contributed by atoms with E-state index in [1.165, 1.54) is 23.9 Å². The highest BCUT2D eigenvalue weighted by Gasteiger charge is 2.21. The maximum Gasteiger partial charge on any atom is 0.267 e. The molecule has 1 amide bonds. The summed E-state index contributed by atoms with van der Waals surface area (Å²) in [5.74, 6) is -0.358. The van der Waals surface area contributed by atoms with Crippen molar-refractivity contribution < 1.29 is 13.2 Å². The zero-order valence-electron chi connectivity index (χ0n) is 12.3. The number of anilines is 1. The molecule has 1 aromatic heterocycles. The van der Waals surface area contributed by atoms with E-state index in [0.717, 1.165) is 0 Å². The SMILES string of the molecule is CNC(=O)c1cc(S(=O)(=O)Nc2cccc(Cl)c2C)cn1C. The van der Waals surface area contributed by atoms with Crippen LogP contribution < -0.4 is 10.0 Å². The number of hydrogen-bond acceptors (Lipinski definition) is 3. The van der Waals surface area contributed by atoms with E-state index in [2.05, 4.69) is 10.0 Å². The number of halogens is 1. The Morgan fingerprint density at radius 3 is 2.64 bits per heavy atom. The summed E-state index contributed by atoms with van der Waals surface area (Å²) in [6, 6.07) is 6.29. The Bertz CT molecular complexity index is 828. The van der Waals surface area contributed by atoms with Gasteiger partial charge in [-0.2, -0.15) is 0 Å². The highest BCUT2D eigenvalue weighted by Crippen LogP contribution is 2.25. The molecule has 8 heteroatoms. The number of nitrogens with zero attached hydrogens (tertiary/aromatic N) is 1. The highest BCUT2D eigenvalue weighted by molar-refractivity contribution is 7.92. The van der Waals surface area contributed by atoms with Gasteiger partial charge in [0, 0.05) is 25.3 Å². The second-order valence-electron chi connectivity index (χ2n) is 4.77. The largest absolute Gasteiger partial charge is 0.354 e. The van der Waals surface area contributed by atoms with E-state index in [1.807, 2.05) is 0 Å². The molecule has 0 radical (unpaired) electrons. The molecule has 2 N–H and O–H groups in total. The lowest BCUT2D eigenvalue weighted by atomic mass is 10.2. The Hall–Kier alpha value is -1.99. The number of nitrogens with one attached hydrogen (secondary N) is 2. The van der Waals surface area contributed by atoms with E-state index in [4.69, 9.17) is 11.6 Å². The van der Waals surface area contributed by atoms with Crippen LogP contribution in [-0.4, -0.2) is 25.9 Å². The Morgan fingerprint density at radius 1 is 1.32 bits per heavy atom. The number of hydrogen-bond donors (Lipinski definition) is 2. The standard InChI is InChI=1S/C14H16ClN3O3S/c1-9-11(15)5-4-6-12(9)17-22(20,21)10-7-13(14(19)16-2)18(3)8-10/h4-8,17H,1-3H3,(H,16,19). The fourth-order valence-electron chi connectivity index (χ4n) is 1.96. The smallest absolute Gasteiger partial charge is 0.267 e. The van der Waals surface area contributed by atoms with E-state index in [9.17, 15) is 13.2 Å². The zero-order chi connectivity index (χ0) is 16.5. The molecule has 0 aliphatic carbocycles. The Morgan fingerprint density at radius 2 is 2.00 bits per heavy atom. The van der Waals surface area contributed by atoms with Gasteiger partial charge in [0.05, 0.1) is 5.69 Å². The monoisotopic (exact) mass is 341 g/mol. The molecule has 2 aromatic rings. The summed E-state index contributed by atoms with van der Waals surface area (Å²) in [4.78, 5) is 11.7. The second kappa shape index (κ2) is 6.02. The topological polar surface area (TPSA) is 80.2 Å². The van der Waals surface area contributed by atoms with Crippen LogP contribution in [-0.2, 0) is 17.1 Å². The maximum absolute atomic E-state index is 12.4. The third-order valence-electron chi connectivity index (χ3n) is 3.26. The minimum absolute atomic E-state index is 0.00738. The van der Waals surface area contributed by atoms with E-state index >= 15 is 0 Å². The number of amides is 1. The summed E-state index contributed by atoms with van der Waals surface area (Å²) in [5.41, 5.74) is 1.29. The first kappa shape index (κ1) is 16.4. The highest BCUT2D eigenvalue weighted by atomic mass is 35.5. The van der Waals surface area contributed by atoms with Crippen LogP contribution in [0.1, 0.15) is 16.1 Å². The lowest BCUT2D eigenvalue weighted by Crippen LogP contribution is -2.20. The van der Waals surface area contributed by atoms with Gasteiger partial charge in [-0.05, 0) is 30.7 Å². The van der Waals surface area contributed by atoms with Crippen LogP contribution in [0, 0.1) is 6.92 Å². The van der Waals surface area contributed by atoms with Gasteiger partial charge in [-0.3, -0.25) is 9.52 Å². The van der Waals surface area contributed by atoms with Crippen LogP contribution in [0.2, 0.25) is 5.02 Å². The van der Waals surface area contributed by atoms with Crippen molar-refractivity contribution in [3.63, 3.8) is 0 Å². The lowest BCUT2D eigenvalue weighted by molar-refractivity contribution is 0.0955. The van der Waals surface area contributed by atoms with Crippen molar-refractivity contribution in [1.29, 1.82) is 0 Å². The van der Waals surface area contributed by atoms with Gasteiger partial charge in [0.15, 0.2) is 0 Å². The van der Waals surface area contributed by atoms with Gasteiger partial charge in [-0.15, -0.1) is 0 Å². The molecular formula is C14H16ClN3O3S. The molecule has 0 unspecified atom stereocenters. The molecule has 0 spiro atoms. The second-order valence-corrected chi connectivity index (χ2v) is 6.86. The average molecular weight is 342 g/mol. The third-order valence-corrected chi connectivity index (χ3v) is 5.00. The van der Waals surface area contributed by atoms with Crippen molar-refractivity contribution in [1.82, 2.24) is 9.88 Å². The summed E-state index contributed by atoms with van der Waals surface area (Å²) in [5, 5.41) is 2.93. The molecule has 0 atom stereocenters. The summed E-state index contributed by atoms with van der Waals surface area (Å²) in [6.45, 7) is 1.72. The first-order chi connectivity index (χ1) is 10.3. The van der Waals surface area contributed by atoms with Crippen molar-refractivity contribution in [3.8, 4) is 0 Å². The van der Waals surface area contributed by atoms with Crippen LogP contribution in [0.25, 0.3) is 0 Å². The fourth-order valence-corrected chi connectivity index (χ4v) is 3.32. The normalized spacial score (nSPS) is 11.3. The van der Waals surface area contributed by atoms with E-state index in [1.54, 1.807) is 32.2 Å². The summed E-state index contributed by atoms with van der Waals surface area (Å²) >= 11 is 5.99. The van der Waals surface area contributed by atoms with Gasteiger partial charge < -0.3 is 9.88 Å². The third kappa shape index (κ3) is 3.10. The number of aromatic nitrogens is 1. The molecule has 2 rings (SSSR count). The van der Waals surface area contributed by atoms with Gasteiger partial charge in [0.1, 0.15) is 10.6 Å². The molecule has 6 nitrogen and oxygen atoms in total. The van der Waals surface area contributed by atoms with Crippen LogP contribution >= 0.6 is 11.6 Å². The lowest BCUT2D eigenvalue weighted by Gasteiger charge is -2.10. The van der Waals surface area contributed by atoms with Gasteiger partial charge in [-0.1, -0.05) is 17.7 Å². The van der Waals surface area contributed by atoms with E-state index in [0.29, 0.717) is 16.3 Å². The predicted molar refractivity (Wildman–Crippen MR) is 85.8 cm³/mol. The van der Waals surface area contributed by atoms with Crippen LogP contribution in [0.15, 0.2) is 35.4 Å². The Balaban J connectivity index is 2.39. The number of benzene rings is 1. The summed E-state index contributed by atoms with van der Waals surface area (Å²) in [7, 11) is -0.717. The molecule has 0 fully saturated rings. The molecule has 0 bridgehead atoms. The molecule has 0 saturated heterocycles. The van der Waals surface area contributed by atoms with Crippen LogP contribution in [0.3, 0.4) is 0 Å².